The van der Waals surface area contributed by atoms with Crippen LogP contribution in [-0.2, 0) is 0 Å². The molecule has 2 rings (SSSR count). The molecule has 1 aromatic rings. The monoisotopic (exact) mass is 306 g/mol. The second kappa shape index (κ2) is 5.76. The molecule has 1 atom stereocenters. The Kier molecular flexibility index (Phi) is 4.47. The number of halogens is 2. The zero-order valence-corrected chi connectivity index (χ0v) is 12.2. The van der Waals surface area contributed by atoms with Gasteiger partial charge in [0, 0.05) is 18.0 Å². The van der Waals surface area contributed by atoms with E-state index in [-0.39, 0.29) is 11.3 Å². The van der Waals surface area contributed by atoms with Crippen molar-refractivity contribution in [3.05, 3.63) is 16.3 Å². The molecule has 0 spiro atoms. The Morgan fingerprint density at radius 1 is 1.68 bits per heavy atom. The van der Waals surface area contributed by atoms with Gasteiger partial charge in [-0.1, -0.05) is 18.7 Å². The van der Waals surface area contributed by atoms with Gasteiger partial charge in [-0.15, -0.1) is 11.3 Å². The highest BCUT2D eigenvalue weighted by Gasteiger charge is 2.36. The molecule has 1 unspecified atom stereocenters. The number of likely N-dealkylation sites (tertiary alicyclic amines) is 1. The van der Waals surface area contributed by atoms with Gasteiger partial charge in [0.15, 0.2) is 0 Å². The molecule has 0 bridgehead atoms. The molecule has 7 heteroatoms. The normalized spacial score (nSPS) is 23.3. The second-order valence-electron chi connectivity index (χ2n) is 4.98. The number of hydrogen-bond donors (Lipinski definition) is 1. The molecule has 0 radical (unpaired) electrons. The lowest BCUT2D eigenvalue weighted by Gasteiger charge is -2.22. The summed E-state index contributed by atoms with van der Waals surface area (Å²) in [5, 5.41) is 1.68. The molecule has 1 aliphatic heterocycles. The Morgan fingerprint density at radius 3 is 3.00 bits per heavy atom. The van der Waals surface area contributed by atoms with Crippen molar-refractivity contribution in [2.45, 2.75) is 24.0 Å². The highest BCUT2D eigenvalue weighted by atomic mass is 32.2. The van der Waals surface area contributed by atoms with Crippen LogP contribution in [0.3, 0.4) is 0 Å². The molecule has 0 aromatic carbocycles. The first-order chi connectivity index (χ1) is 8.95. The number of nitrogens with zero attached hydrogens (tertiary/aromatic N) is 1. The largest absolute Gasteiger partial charge is 0.337 e. The van der Waals surface area contributed by atoms with Crippen LogP contribution in [0.5, 0.6) is 0 Å². The Morgan fingerprint density at radius 2 is 2.42 bits per heavy atom. The predicted octanol–water partition coefficient (Wildman–Crippen LogP) is 2.87. The standard InChI is InChI=1S/C12H16F2N2OS2/c1-12(6-15)3-4-16(7-12)10(17)9-8(2-5-18-9)19-11(13)14/h2,5,11H,3-4,6-7,15H2,1H3. The molecule has 1 saturated heterocycles. The minimum absolute atomic E-state index is 0.0526. The lowest BCUT2D eigenvalue weighted by Crippen LogP contribution is -2.34. The van der Waals surface area contributed by atoms with Crippen molar-refractivity contribution in [1.82, 2.24) is 4.90 Å². The summed E-state index contributed by atoms with van der Waals surface area (Å²) < 4.78 is 24.8. The topological polar surface area (TPSA) is 46.3 Å². The van der Waals surface area contributed by atoms with E-state index in [4.69, 9.17) is 5.73 Å². The van der Waals surface area contributed by atoms with Gasteiger partial charge in [-0.2, -0.15) is 8.78 Å². The van der Waals surface area contributed by atoms with Gasteiger partial charge in [0.1, 0.15) is 4.88 Å². The quantitative estimate of drug-likeness (QED) is 0.870. The fourth-order valence-electron chi connectivity index (χ4n) is 2.15. The van der Waals surface area contributed by atoms with Crippen LogP contribution in [0, 0.1) is 5.41 Å². The van der Waals surface area contributed by atoms with Crippen LogP contribution in [0.1, 0.15) is 23.0 Å². The van der Waals surface area contributed by atoms with Gasteiger partial charge < -0.3 is 10.6 Å². The van der Waals surface area contributed by atoms with Gasteiger partial charge in [-0.25, -0.2) is 0 Å². The van der Waals surface area contributed by atoms with Crippen molar-refractivity contribution in [3.63, 3.8) is 0 Å². The molecule has 1 aromatic heterocycles. The minimum Gasteiger partial charge on any atom is -0.337 e. The predicted molar refractivity (Wildman–Crippen MR) is 73.9 cm³/mol. The van der Waals surface area contributed by atoms with Gasteiger partial charge >= 0.3 is 0 Å². The summed E-state index contributed by atoms with van der Waals surface area (Å²) in [5.41, 5.74) is 5.65. The summed E-state index contributed by atoms with van der Waals surface area (Å²) in [6.45, 7) is 3.81. The molecule has 106 valence electrons. The number of rotatable bonds is 4. The molecular formula is C12H16F2N2OS2. The molecule has 3 nitrogen and oxygen atoms in total. The average molecular weight is 306 g/mol. The number of amides is 1. The average Bonchev–Trinajstić information content (AvgIpc) is 2.95. The summed E-state index contributed by atoms with van der Waals surface area (Å²) in [4.78, 5) is 14.8. The smallest absolute Gasteiger partial charge is 0.288 e. The molecule has 1 aliphatic rings. The highest BCUT2D eigenvalue weighted by Crippen LogP contribution is 2.35. The van der Waals surface area contributed by atoms with E-state index in [0.717, 1.165) is 6.42 Å². The van der Waals surface area contributed by atoms with Gasteiger partial charge in [0.25, 0.3) is 11.7 Å². The summed E-state index contributed by atoms with van der Waals surface area (Å²) >= 11 is 1.65. The van der Waals surface area contributed by atoms with Crippen molar-refractivity contribution >= 4 is 29.0 Å². The highest BCUT2D eigenvalue weighted by molar-refractivity contribution is 7.99. The molecule has 2 heterocycles. The molecule has 2 N–H and O–H groups in total. The number of nitrogens with two attached hydrogens (primary N) is 1. The van der Waals surface area contributed by atoms with Crippen molar-refractivity contribution in [2.75, 3.05) is 19.6 Å². The van der Waals surface area contributed by atoms with Crippen LogP contribution in [-0.4, -0.2) is 36.2 Å². The fraction of sp³-hybridized carbons (Fsp3) is 0.583. The summed E-state index contributed by atoms with van der Waals surface area (Å²) in [6, 6.07) is 1.58. The van der Waals surface area contributed by atoms with E-state index in [9.17, 15) is 13.6 Å². The SMILES string of the molecule is CC1(CN)CCN(C(=O)c2sccc2SC(F)F)C1. The first kappa shape index (κ1) is 14.7. The van der Waals surface area contributed by atoms with Crippen LogP contribution in [0.2, 0.25) is 0 Å². The molecule has 19 heavy (non-hydrogen) atoms. The number of carbonyl (C=O) groups excluding carboxylic acids is 1. The van der Waals surface area contributed by atoms with Crippen LogP contribution >= 0.6 is 23.1 Å². The van der Waals surface area contributed by atoms with Gasteiger partial charge in [0.05, 0.1) is 0 Å². The molecule has 0 saturated carbocycles. The Bertz CT molecular complexity index is 466. The van der Waals surface area contributed by atoms with Crippen molar-refractivity contribution in [3.8, 4) is 0 Å². The lowest BCUT2D eigenvalue weighted by atomic mass is 9.90. The molecule has 1 fully saturated rings. The number of alkyl halides is 2. The van der Waals surface area contributed by atoms with Crippen LogP contribution in [0.4, 0.5) is 8.78 Å². The summed E-state index contributed by atoms with van der Waals surface area (Å²) in [7, 11) is 0. The molecular weight excluding hydrogens is 290 g/mol. The van der Waals surface area contributed by atoms with E-state index in [2.05, 4.69) is 0 Å². The third-order valence-corrected chi connectivity index (χ3v) is 5.18. The molecule has 0 aliphatic carbocycles. The summed E-state index contributed by atoms with van der Waals surface area (Å²) in [6.07, 6.45) is 0.859. The second-order valence-corrected chi connectivity index (χ2v) is 6.93. The third-order valence-electron chi connectivity index (χ3n) is 3.38. The minimum atomic E-state index is -2.51. The van der Waals surface area contributed by atoms with E-state index in [1.54, 1.807) is 16.3 Å². The lowest BCUT2D eigenvalue weighted by molar-refractivity contribution is 0.0778. The maximum absolute atomic E-state index is 12.4. The Balaban J connectivity index is 2.11. The van der Waals surface area contributed by atoms with Crippen molar-refractivity contribution in [1.29, 1.82) is 0 Å². The number of thioether (sulfide) groups is 1. The fourth-order valence-corrected chi connectivity index (χ4v) is 3.81. The zero-order chi connectivity index (χ0) is 14.0. The first-order valence-electron chi connectivity index (χ1n) is 5.97. The number of hydrogen-bond acceptors (Lipinski definition) is 4. The van der Waals surface area contributed by atoms with Crippen molar-refractivity contribution < 1.29 is 13.6 Å². The van der Waals surface area contributed by atoms with Crippen molar-refractivity contribution in [2.24, 2.45) is 11.1 Å². The zero-order valence-electron chi connectivity index (χ0n) is 10.6. The van der Waals surface area contributed by atoms with Crippen LogP contribution < -0.4 is 5.73 Å². The van der Waals surface area contributed by atoms with E-state index < -0.39 is 5.76 Å². The maximum atomic E-state index is 12.4. The van der Waals surface area contributed by atoms with Gasteiger partial charge in [-0.05, 0) is 29.8 Å². The van der Waals surface area contributed by atoms with Gasteiger partial charge in [0.2, 0.25) is 0 Å². The Labute approximate surface area is 119 Å². The Hall–Kier alpha value is -0.660. The number of carbonyl (C=O) groups is 1. The van der Waals surface area contributed by atoms with E-state index in [0.29, 0.717) is 41.2 Å². The number of thiophene rings is 1. The van der Waals surface area contributed by atoms with E-state index in [1.165, 1.54) is 11.3 Å². The van der Waals surface area contributed by atoms with E-state index in [1.807, 2.05) is 6.92 Å². The van der Waals surface area contributed by atoms with Crippen LogP contribution in [0.25, 0.3) is 0 Å². The molecule has 1 amide bonds. The van der Waals surface area contributed by atoms with Crippen LogP contribution in [0.15, 0.2) is 16.3 Å². The third kappa shape index (κ3) is 3.27. The summed E-state index contributed by atoms with van der Waals surface area (Å²) in [5.74, 6) is -2.66. The van der Waals surface area contributed by atoms with Gasteiger partial charge in [-0.3, -0.25) is 4.79 Å². The maximum Gasteiger partial charge on any atom is 0.288 e. The van der Waals surface area contributed by atoms with E-state index >= 15 is 0 Å². The first-order valence-corrected chi connectivity index (χ1v) is 7.73.